The molecule has 1 aromatic heterocycles. The van der Waals surface area contributed by atoms with Gasteiger partial charge >= 0.3 is 0 Å². The Morgan fingerprint density at radius 2 is 2.15 bits per heavy atom. The molecule has 1 aliphatic heterocycles. The van der Waals surface area contributed by atoms with Gasteiger partial charge in [-0.3, -0.25) is 0 Å². The number of hydrogen-bond acceptors (Lipinski definition) is 6. The van der Waals surface area contributed by atoms with E-state index < -0.39 is 0 Å². The summed E-state index contributed by atoms with van der Waals surface area (Å²) in [5.41, 5.74) is 5.45. The standard InChI is InChI=1S/C14H24N4O2/c1-11(2)20-13-3-7-16-14(17-13)18-8-4-12(5-9-18)19-10-6-15/h3,7,11-12H,4-6,8-10,15H2,1-2H3. The molecule has 2 rings (SSSR count). The Kier molecular flexibility index (Phi) is 5.55. The highest BCUT2D eigenvalue weighted by molar-refractivity contribution is 5.32. The third kappa shape index (κ3) is 4.31. The average Bonchev–Trinajstić information content (AvgIpc) is 2.45. The molecule has 1 fully saturated rings. The Bertz CT molecular complexity index is 406. The highest BCUT2D eigenvalue weighted by Crippen LogP contribution is 2.20. The molecule has 1 saturated heterocycles. The van der Waals surface area contributed by atoms with Crippen molar-refractivity contribution >= 4 is 5.95 Å². The van der Waals surface area contributed by atoms with Gasteiger partial charge in [-0.2, -0.15) is 4.98 Å². The van der Waals surface area contributed by atoms with Crippen molar-refractivity contribution < 1.29 is 9.47 Å². The third-order valence-corrected chi connectivity index (χ3v) is 3.17. The first-order valence-electron chi connectivity index (χ1n) is 7.25. The maximum atomic E-state index is 5.68. The van der Waals surface area contributed by atoms with E-state index in [0.717, 1.165) is 31.9 Å². The van der Waals surface area contributed by atoms with Gasteiger partial charge in [0.25, 0.3) is 0 Å². The van der Waals surface area contributed by atoms with Crippen LogP contribution in [0.3, 0.4) is 0 Å². The van der Waals surface area contributed by atoms with Crippen LogP contribution in [-0.4, -0.2) is 48.4 Å². The number of anilines is 1. The molecule has 112 valence electrons. The molecule has 1 aromatic rings. The summed E-state index contributed by atoms with van der Waals surface area (Å²) in [6.07, 6.45) is 4.15. The SMILES string of the molecule is CC(C)Oc1ccnc(N2CCC(OCCN)CC2)n1. The fourth-order valence-electron chi connectivity index (χ4n) is 2.25. The lowest BCUT2D eigenvalue weighted by atomic mass is 10.1. The summed E-state index contributed by atoms with van der Waals surface area (Å²) in [4.78, 5) is 11.0. The van der Waals surface area contributed by atoms with Crippen molar-refractivity contribution in [3.05, 3.63) is 12.3 Å². The predicted octanol–water partition coefficient (Wildman–Crippen LogP) is 1.21. The van der Waals surface area contributed by atoms with Crippen molar-refractivity contribution in [1.29, 1.82) is 0 Å². The van der Waals surface area contributed by atoms with Crippen LogP contribution in [0.2, 0.25) is 0 Å². The zero-order valence-electron chi connectivity index (χ0n) is 12.3. The molecule has 6 nitrogen and oxygen atoms in total. The van der Waals surface area contributed by atoms with Crippen LogP contribution in [0.25, 0.3) is 0 Å². The highest BCUT2D eigenvalue weighted by Gasteiger charge is 2.21. The molecule has 0 unspecified atom stereocenters. The zero-order chi connectivity index (χ0) is 14.4. The summed E-state index contributed by atoms with van der Waals surface area (Å²) >= 11 is 0. The minimum Gasteiger partial charge on any atom is -0.475 e. The van der Waals surface area contributed by atoms with Crippen molar-refractivity contribution in [2.75, 3.05) is 31.1 Å². The summed E-state index contributed by atoms with van der Waals surface area (Å²) in [5.74, 6) is 1.37. The summed E-state index contributed by atoms with van der Waals surface area (Å²) in [6.45, 7) is 7.00. The highest BCUT2D eigenvalue weighted by atomic mass is 16.5. The van der Waals surface area contributed by atoms with E-state index in [-0.39, 0.29) is 6.10 Å². The largest absolute Gasteiger partial charge is 0.475 e. The fourth-order valence-corrected chi connectivity index (χ4v) is 2.25. The van der Waals surface area contributed by atoms with Crippen molar-refractivity contribution in [2.45, 2.75) is 38.9 Å². The Morgan fingerprint density at radius 3 is 2.80 bits per heavy atom. The number of nitrogens with zero attached hydrogens (tertiary/aromatic N) is 3. The van der Waals surface area contributed by atoms with Crippen molar-refractivity contribution in [3.63, 3.8) is 0 Å². The predicted molar refractivity (Wildman–Crippen MR) is 78.0 cm³/mol. The summed E-state index contributed by atoms with van der Waals surface area (Å²) < 4.78 is 11.3. The van der Waals surface area contributed by atoms with E-state index in [1.807, 2.05) is 13.8 Å². The average molecular weight is 280 g/mol. The molecule has 0 bridgehead atoms. The van der Waals surface area contributed by atoms with Crippen molar-refractivity contribution in [3.8, 4) is 5.88 Å². The molecule has 2 heterocycles. The van der Waals surface area contributed by atoms with Crippen LogP contribution in [0.4, 0.5) is 5.95 Å². The lowest BCUT2D eigenvalue weighted by Crippen LogP contribution is -2.38. The van der Waals surface area contributed by atoms with Gasteiger partial charge in [0.2, 0.25) is 11.8 Å². The lowest BCUT2D eigenvalue weighted by molar-refractivity contribution is 0.0420. The maximum Gasteiger partial charge on any atom is 0.228 e. The van der Waals surface area contributed by atoms with E-state index in [4.69, 9.17) is 15.2 Å². The van der Waals surface area contributed by atoms with Gasteiger partial charge in [-0.1, -0.05) is 0 Å². The second-order valence-corrected chi connectivity index (χ2v) is 5.21. The smallest absolute Gasteiger partial charge is 0.228 e. The number of ether oxygens (including phenoxy) is 2. The first kappa shape index (κ1) is 15.0. The second-order valence-electron chi connectivity index (χ2n) is 5.21. The minimum atomic E-state index is 0.119. The molecular weight excluding hydrogens is 256 g/mol. The number of nitrogens with two attached hydrogens (primary N) is 1. The number of piperidine rings is 1. The van der Waals surface area contributed by atoms with E-state index in [9.17, 15) is 0 Å². The van der Waals surface area contributed by atoms with Crippen LogP contribution in [0.1, 0.15) is 26.7 Å². The van der Waals surface area contributed by atoms with Crippen LogP contribution in [-0.2, 0) is 4.74 Å². The Labute approximate surface area is 120 Å². The summed E-state index contributed by atoms with van der Waals surface area (Å²) in [7, 11) is 0. The normalized spacial score (nSPS) is 16.7. The molecule has 0 atom stereocenters. The van der Waals surface area contributed by atoms with E-state index in [1.165, 1.54) is 0 Å². The number of hydrogen-bond donors (Lipinski definition) is 1. The Morgan fingerprint density at radius 1 is 1.40 bits per heavy atom. The van der Waals surface area contributed by atoms with E-state index in [0.29, 0.717) is 25.1 Å². The molecule has 0 amide bonds. The van der Waals surface area contributed by atoms with Gasteiger partial charge in [-0.25, -0.2) is 4.98 Å². The van der Waals surface area contributed by atoms with Crippen LogP contribution in [0, 0.1) is 0 Å². The van der Waals surface area contributed by atoms with Crippen molar-refractivity contribution in [2.24, 2.45) is 5.73 Å². The molecule has 20 heavy (non-hydrogen) atoms. The lowest BCUT2D eigenvalue weighted by Gasteiger charge is -2.31. The number of rotatable bonds is 6. The molecule has 0 radical (unpaired) electrons. The number of aromatic nitrogens is 2. The molecular formula is C14H24N4O2. The topological polar surface area (TPSA) is 73.5 Å². The van der Waals surface area contributed by atoms with Gasteiger partial charge in [0.1, 0.15) is 0 Å². The van der Waals surface area contributed by atoms with E-state index in [2.05, 4.69) is 14.9 Å². The molecule has 0 spiro atoms. The van der Waals surface area contributed by atoms with Crippen LogP contribution >= 0.6 is 0 Å². The van der Waals surface area contributed by atoms with Crippen LogP contribution < -0.4 is 15.4 Å². The zero-order valence-corrected chi connectivity index (χ0v) is 12.3. The quantitative estimate of drug-likeness (QED) is 0.844. The van der Waals surface area contributed by atoms with Gasteiger partial charge in [0.15, 0.2) is 0 Å². The molecule has 2 N–H and O–H groups in total. The Balaban J connectivity index is 1.89. The molecule has 0 aliphatic carbocycles. The van der Waals surface area contributed by atoms with Gasteiger partial charge < -0.3 is 20.1 Å². The third-order valence-electron chi connectivity index (χ3n) is 3.17. The van der Waals surface area contributed by atoms with Gasteiger partial charge in [0, 0.05) is 31.9 Å². The van der Waals surface area contributed by atoms with Gasteiger partial charge in [-0.15, -0.1) is 0 Å². The molecule has 1 aliphatic rings. The molecule has 0 aromatic carbocycles. The van der Waals surface area contributed by atoms with Crippen LogP contribution in [0.5, 0.6) is 5.88 Å². The summed E-state index contributed by atoms with van der Waals surface area (Å²) in [6, 6.07) is 1.79. The minimum absolute atomic E-state index is 0.119. The van der Waals surface area contributed by atoms with E-state index in [1.54, 1.807) is 12.3 Å². The van der Waals surface area contributed by atoms with Gasteiger partial charge in [0.05, 0.1) is 18.8 Å². The monoisotopic (exact) mass is 280 g/mol. The molecule has 0 saturated carbocycles. The molecule has 6 heteroatoms. The Hall–Kier alpha value is -1.40. The first-order chi connectivity index (χ1) is 9.69. The van der Waals surface area contributed by atoms with Crippen LogP contribution in [0.15, 0.2) is 12.3 Å². The van der Waals surface area contributed by atoms with Gasteiger partial charge in [-0.05, 0) is 26.7 Å². The fraction of sp³-hybridized carbons (Fsp3) is 0.714. The van der Waals surface area contributed by atoms with E-state index >= 15 is 0 Å². The second kappa shape index (κ2) is 7.40. The summed E-state index contributed by atoms with van der Waals surface area (Å²) in [5, 5.41) is 0. The first-order valence-corrected chi connectivity index (χ1v) is 7.25. The van der Waals surface area contributed by atoms with Crippen molar-refractivity contribution in [1.82, 2.24) is 9.97 Å². The maximum absolute atomic E-state index is 5.68.